The van der Waals surface area contributed by atoms with Crippen molar-refractivity contribution >= 4 is 37.7 Å². The van der Waals surface area contributed by atoms with Gasteiger partial charge in [0.15, 0.2) is 0 Å². The molecule has 0 aliphatic carbocycles. The first-order valence-electron chi connectivity index (χ1n) is 4.77. The molecule has 3 rings (SSSR count). The normalized spacial score (nSPS) is 11.3. The van der Waals surface area contributed by atoms with Crippen LogP contribution in [0, 0.1) is 6.92 Å². The molecule has 0 atom stereocenters. The summed E-state index contributed by atoms with van der Waals surface area (Å²) < 4.78 is 1.09. The topological polar surface area (TPSA) is 28.7 Å². The van der Waals surface area contributed by atoms with E-state index in [1.165, 1.54) is 10.8 Å². The van der Waals surface area contributed by atoms with Crippen molar-refractivity contribution in [2.75, 3.05) is 0 Å². The summed E-state index contributed by atoms with van der Waals surface area (Å²) in [6.07, 6.45) is 1.93. The highest BCUT2D eigenvalue weighted by molar-refractivity contribution is 9.10. The number of aryl methyl sites for hydroxylation is 1. The van der Waals surface area contributed by atoms with Crippen molar-refractivity contribution in [1.82, 2.24) is 9.97 Å². The molecule has 0 saturated carbocycles. The van der Waals surface area contributed by atoms with Gasteiger partial charge in [0.25, 0.3) is 0 Å². The minimum Gasteiger partial charge on any atom is -0.354 e. The Morgan fingerprint density at radius 3 is 2.80 bits per heavy atom. The summed E-state index contributed by atoms with van der Waals surface area (Å²) in [5.41, 5.74) is 3.33. The number of nitrogens with zero attached hydrogens (tertiary/aromatic N) is 1. The molecule has 0 spiro atoms. The molecule has 0 fully saturated rings. The Bertz CT molecular complexity index is 599. The molecular weight excluding hydrogens is 252 g/mol. The fourth-order valence-corrected chi connectivity index (χ4v) is 2.24. The second-order valence-electron chi connectivity index (χ2n) is 3.69. The van der Waals surface area contributed by atoms with Gasteiger partial charge in [-0.1, -0.05) is 22.0 Å². The molecule has 2 aromatic heterocycles. The van der Waals surface area contributed by atoms with Gasteiger partial charge in [0.05, 0.1) is 0 Å². The summed E-state index contributed by atoms with van der Waals surface area (Å²) >= 11 is 3.47. The van der Waals surface area contributed by atoms with Crippen LogP contribution in [0.4, 0.5) is 0 Å². The molecule has 1 N–H and O–H groups in total. The minimum atomic E-state index is 1.04. The Balaban J connectivity index is 2.51. The van der Waals surface area contributed by atoms with Gasteiger partial charge in [0.2, 0.25) is 0 Å². The van der Waals surface area contributed by atoms with Crippen LogP contribution < -0.4 is 0 Å². The van der Waals surface area contributed by atoms with Gasteiger partial charge < -0.3 is 4.98 Å². The first kappa shape index (κ1) is 8.92. The van der Waals surface area contributed by atoms with Gasteiger partial charge in [-0.15, -0.1) is 0 Å². The number of aromatic amines is 1. The molecular formula is C12H9BrN2. The lowest BCUT2D eigenvalue weighted by molar-refractivity contribution is 1.22. The molecule has 1 aromatic carbocycles. The summed E-state index contributed by atoms with van der Waals surface area (Å²) in [7, 11) is 0. The van der Waals surface area contributed by atoms with E-state index in [-0.39, 0.29) is 0 Å². The number of halogens is 1. The van der Waals surface area contributed by atoms with Gasteiger partial charge in [-0.05, 0) is 25.1 Å². The van der Waals surface area contributed by atoms with E-state index in [0.717, 1.165) is 21.2 Å². The Hall–Kier alpha value is -1.35. The molecule has 0 unspecified atom stereocenters. The molecule has 74 valence electrons. The lowest BCUT2D eigenvalue weighted by Gasteiger charge is -1.92. The molecule has 0 bridgehead atoms. The van der Waals surface area contributed by atoms with Crippen LogP contribution in [-0.2, 0) is 0 Å². The third kappa shape index (κ3) is 1.35. The summed E-state index contributed by atoms with van der Waals surface area (Å²) in [6, 6.07) is 8.32. The Kier molecular flexibility index (Phi) is 1.83. The fraction of sp³-hybridized carbons (Fsp3) is 0.0833. The molecule has 0 amide bonds. The molecule has 0 radical (unpaired) electrons. The van der Waals surface area contributed by atoms with E-state index in [2.05, 4.69) is 50.2 Å². The molecule has 2 nitrogen and oxygen atoms in total. The second-order valence-corrected chi connectivity index (χ2v) is 4.60. The average Bonchev–Trinajstić information content (AvgIpc) is 2.53. The monoisotopic (exact) mass is 260 g/mol. The Morgan fingerprint density at radius 1 is 1.13 bits per heavy atom. The van der Waals surface area contributed by atoms with E-state index >= 15 is 0 Å². The minimum absolute atomic E-state index is 1.04. The lowest BCUT2D eigenvalue weighted by atomic mass is 10.2. The number of hydrogen-bond donors (Lipinski definition) is 1. The van der Waals surface area contributed by atoms with Crippen molar-refractivity contribution in [3.63, 3.8) is 0 Å². The zero-order chi connectivity index (χ0) is 10.4. The van der Waals surface area contributed by atoms with Gasteiger partial charge in [-0.2, -0.15) is 0 Å². The molecule has 15 heavy (non-hydrogen) atoms. The third-order valence-corrected chi connectivity index (χ3v) is 3.08. The van der Waals surface area contributed by atoms with Crippen LogP contribution in [0.1, 0.15) is 5.69 Å². The largest absolute Gasteiger partial charge is 0.354 e. The smallest absolute Gasteiger partial charge is 0.0498 e. The number of aromatic nitrogens is 2. The van der Waals surface area contributed by atoms with Crippen molar-refractivity contribution < 1.29 is 0 Å². The van der Waals surface area contributed by atoms with Crippen molar-refractivity contribution in [3.05, 3.63) is 40.6 Å². The summed E-state index contributed by atoms with van der Waals surface area (Å²) in [5.74, 6) is 0. The predicted octanol–water partition coefficient (Wildman–Crippen LogP) is 3.79. The first-order chi connectivity index (χ1) is 7.24. The molecule has 0 aliphatic heterocycles. The van der Waals surface area contributed by atoms with Crippen LogP contribution in [0.2, 0.25) is 0 Å². The number of H-pyrrole nitrogens is 1. The number of fused-ring (bicyclic) bond motifs is 3. The standard InChI is InChI=1S/C12H9BrN2/c1-7-4-11-10(6-14-7)9-3-2-8(13)5-12(9)15-11/h2-6,15H,1H3. The van der Waals surface area contributed by atoms with Crippen molar-refractivity contribution in [2.45, 2.75) is 6.92 Å². The maximum Gasteiger partial charge on any atom is 0.0498 e. The van der Waals surface area contributed by atoms with E-state index in [9.17, 15) is 0 Å². The zero-order valence-corrected chi connectivity index (χ0v) is 9.80. The van der Waals surface area contributed by atoms with Crippen LogP contribution in [0.25, 0.3) is 21.8 Å². The summed E-state index contributed by atoms with van der Waals surface area (Å²) in [4.78, 5) is 7.71. The molecule has 2 heterocycles. The van der Waals surface area contributed by atoms with Crippen LogP contribution in [0.5, 0.6) is 0 Å². The Labute approximate surface area is 95.5 Å². The lowest BCUT2D eigenvalue weighted by Crippen LogP contribution is -1.77. The SMILES string of the molecule is Cc1cc2[nH]c3cc(Br)ccc3c2cn1. The van der Waals surface area contributed by atoms with E-state index in [1.807, 2.05) is 13.1 Å². The van der Waals surface area contributed by atoms with E-state index in [4.69, 9.17) is 0 Å². The highest BCUT2D eigenvalue weighted by Crippen LogP contribution is 2.27. The van der Waals surface area contributed by atoms with Gasteiger partial charge in [-0.25, -0.2) is 0 Å². The second kappa shape index (κ2) is 3.07. The highest BCUT2D eigenvalue weighted by Gasteiger charge is 2.04. The van der Waals surface area contributed by atoms with Gasteiger partial charge >= 0.3 is 0 Å². The van der Waals surface area contributed by atoms with Crippen molar-refractivity contribution in [1.29, 1.82) is 0 Å². The number of benzene rings is 1. The quantitative estimate of drug-likeness (QED) is 0.655. The number of hydrogen-bond acceptors (Lipinski definition) is 1. The van der Waals surface area contributed by atoms with E-state index < -0.39 is 0 Å². The van der Waals surface area contributed by atoms with Gasteiger partial charge in [0, 0.05) is 38.2 Å². The fourth-order valence-electron chi connectivity index (χ4n) is 1.88. The van der Waals surface area contributed by atoms with E-state index in [0.29, 0.717) is 0 Å². The maximum absolute atomic E-state index is 4.32. The van der Waals surface area contributed by atoms with Crippen LogP contribution >= 0.6 is 15.9 Å². The highest BCUT2D eigenvalue weighted by atomic mass is 79.9. The number of rotatable bonds is 0. The predicted molar refractivity (Wildman–Crippen MR) is 66.0 cm³/mol. The molecule has 3 heteroatoms. The van der Waals surface area contributed by atoms with Gasteiger partial charge in [-0.3, -0.25) is 4.98 Å². The van der Waals surface area contributed by atoms with Crippen LogP contribution in [-0.4, -0.2) is 9.97 Å². The zero-order valence-electron chi connectivity index (χ0n) is 8.21. The van der Waals surface area contributed by atoms with Crippen molar-refractivity contribution in [2.24, 2.45) is 0 Å². The first-order valence-corrected chi connectivity index (χ1v) is 5.57. The summed E-state index contributed by atoms with van der Waals surface area (Å²) in [6.45, 7) is 2.00. The number of nitrogens with one attached hydrogen (secondary N) is 1. The van der Waals surface area contributed by atoms with Crippen molar-refractivity contribution in [3.8, 4) is 0 Å². The summed E-state index contributed by atoms with van der Waals surface area (Å²) in [5, 5.41) is 2.41. The third-order valence-electron chi connectivity index (χ3n) is 2.58. The Morgan fingerprint density at radius 2 is 1.93 bits per heavy atom. The average molecular weight is 261 g/mol. The van der Waals surface area contributed by atoms with E-state index in [1.54, 1.807) is 0 Å². The maximum atomic E-state index is 4.32. The molecule has 0 saturated heterocycles. The van der Waals surface area contributed by atoms with Gasteiger partial charge in [0.1, 0.15) is 0 Å². The molecule has 3 aromatic rings. The van der Waals surface area contributed by atoms with Crippen LogP contribution in [0.15, 0.2) is 34.9 Å². The molecule has 0 aliphatic rings. The number of pyridine rings is 1. The van der Waals surface area contributed by atoms with Crippen LogP contribution in [0.3, 0.4) is 0 Å².